The fraction of sp³-hybridized carbons (Fsp3) is 0.440. The van der Waals surface area contributed by atoms with E-state index in [1.165, 1.54) is 0 Å². The fourth-order valence-corrected chi connectivity index (χ4v) is 5.33. The molecule has 0 radical (unpaired) electrons. The maximum Gasteiger partial charge on any atom is 0.304 e. The molecule has 8 heteroatoms. The van der Waals surface area contributed by atoms with Crippen LogP contribution in [-0.4, -0.2) is 54.7 Å². The maximum absolute atomic E-state index is 13.5. The number of carbonyl (C=O) groups excluding carboxylic acids is 1. The van der Waals surface area contributed by atoms with Crippen LogP contribution < -0.4 is 5.32 Å². The Morgan fingerprint density at radius 3 is 2.48 bits per heavy atom. The largest absolute Gasteiger partial charge is 0.481 e. The number of hydrogen-bond donors (Lipinski definition) is 2. The summed E-state index contributed by atoms with van der Waals surface area (Å²) in [6, 6.07) is 14.7. The van der Waals surface area contributed by atoms with E-state index < -0.39 is 11.4 Å². The van der Waals surface area contributed by atoms with Gasteiger partial charge in [0.2, 0.25) is 5.91 Å². The number of aliphatic carboxylic acids is 1. The van der Waals surface area contributed by atoms with Gasteiger partial charge < -0.3 is 15.2 Å². The third-order valence-corrected chi connectivity index (χ3v) is 7.27. The monoisotopic (exact) mass is 490 g/mol. The highest BCUT2D eigenvalue weighted by atomic mass is 35.5. The lowest BCUT2D eigenvalue weighted by Crippen LogP contribution is -2.53. The highest BCUT2D eigenvalue weighted by Gasteiger charge is 2.49. The van der Waals surface area contributed by atoms with Crippen molar-refractivity contribution < 1.29 is 19.4 Å². The molecule has 0 aromatic heterocycles. The van der Waals surface area contributed by atoms with E-state index >= 15 is 0 Å². The first-order valence-corrected chi connectivity index (χ1v) is 12.0. The van der Waals surface area contributed by atoms with Gasteiger partial charge in [-0.05, 0) is 54.8 Å². The average molecular weight is 491 g/mol. The quantitative estimate of drug-likeness (QED) is 0.596. The minimum Gasteiger partial charge on any atom is -0.481 e. The standard InChI is InChI=1S/C25H28Cl2N2O4/c26-19-6-4-17(5-7-19)23-21(18-2-1-3-20(27)14-18)15-25(16-22(30)31,24(32)28-23)8-9-29-10-12-33-13-11-29/h1-7,14,21,23H,8-13,15-16H2,(H,28,32)(H,30,31)/t21-,23-,25-/m1/s1. The number of piperidine rings is 1. The van der Waals surface area contributed by atoms with Crippen LogP contribution in [0.25, 0.3) is 0 Å². The van der Waals surface area contributed by atoms with Crippen LogP contribution >= 0.6 is 23.2 Å². The summed E-state index contributed by atoms with van der Waals surface area (Å²) in [5.41, 5.74) is 0.887. The molecule has 0 unspecified atom stereocenters. The van der Waals surface area contributed by atoms with E-state index in [1.807, 2.05) is 36.4 Å². The highest BCUT2D eigenvalue weighted by Crippen LogP contribution is 2.48. The lowest BCUT2D eigenvalue weighted by Gasteiger charge is -2.45. The zero-order valence-electron chi connectivity index (χ0n) is 18.3. The normalized spacial score (nSPS) is 26.1. The van der Waals surface area contributed by atoms with Crippen LogP contribution in [0.1, 0.15) is 42.3 Å². The summed E-state index contributed by atoms with van der Waals surface area (Å²) >= 11 is 12.4. The van der Waals surface area contributed by atoms with E-state index in [9.17, 15) is 14.7 Å². The molecule has 33 heavy (non-hydrogen) atoms. The van der Waals surface area contributed by atoms with Gasteiger partial charge in [0.1, 0.15) is 0 Å². The number of rotatable bonds is 7. The van der Waals surface area contributed by atoms with Crippen molar-refractivity contribution in [2.45, 2.75) is 31.2 Å². The van der Waals surface area contributed by atoms with Crippen molar-refractivity contribution in [3.8, 4) is 0 Å². The second-order valence-electron chi connectivity index (χ2n) is 8.92. The molecule has 1 amide bonds. The number of carbonyl (C=O) groups is 2. The lowest BCUT2D eigenvalue weighted by atomic mass is 9.66. The van der Waals surface area contributed by atoms with Crippen molar-refractivity contribution in [1.82, 2.24) is 10.2 Å². The number of halogens is 2. The van der Waals surface area contributed by atoms with E-state index in [0.717, 1.165) is 24.2 Å². The minimum atomic E-state index is -1.01. The van der Waals surface area contributed by atoms with Crippen LogP contribution in [0.15, 0.2) is 48.5 Å². The number of ether oxygens (including phenoxy) is 1. The lowest BCUT2D eigenvalue weighted by molar-refractivity contribution is -0.149. The molecule has 2 saturated heterocycles. The Morgan fingerprint density at radius 2 is 1.82 bits per heavy atom. The molecule has 2 aliphatic rings. The molecule has 176 valence electrons. The van der Waals surface area contributed by atoms with Gasteiger partial charge >= 0.3 is 5.97 Å². The van der Waals surface area contributed by atoms with Crippen LogP contribution in [0.2, 0.25) is 10.0 Å². The Hall–Kier alpha value is -2.12. The first kappa shape index (κ1) is 24.0. The molecule has 2 aliphatic heterocycles. The summed E-state index contributed by atoms with van der Waals surface area (Å²) < 4.78 is 5.42. The third-order valence-electron chi connectivity index (χ3n) is 6.79. The molecule has 2 N–H and O–H groups in total. The van der Waals surface area contributed by atoms with E-state index in [1.54, 1.807) is 12.1 Å². The molecule has 2 fully saturated rings. The van der Waals surface area contributed by atoms with Gasteiger partial charge in [-0.1, -0.05) is 47.5 Å². The van der Waals surface area contributed by atoms with Gasteiger partial charge in [0.15, 0.2) is 0 Å². The third kappa shape index (κ3) is 5.69. The molecule has 4 rings (SSSR count). The van der Waals surface area contributed by atoms with E-state index in [4.69, 9.17) is 27.9 Å². The molecule has 0 bridgehead atoms. The number of nitrogens with one attached hydrogen (secondary N) is 1. The predicted octanol–water partition coefficient (Wildman–Crippen LogP) is 4.52. The summed E-state index contributed by atoms with van der Waals surface area (Å²) in [4.78, 5) is 27.7. The Morgan fingerprint density at radius 1 is 1.09 bits per heavy atom. The van der Waals surface area contributed by atoms with Crippen molar-refractivity contribution >= 4 is 35.1 Å². The van der Waals surface area contributed by atoms with Gasteiger partial charge in [0.05, 0.1) is 31.1 Å². The average Bonchev–Trinajstić information content (AvgIpc) is 2.80. The van der Waals surface area contributed by atoms with E-state index in [-0.39, 0.29) is 24.3 Å². The van der Waals surface area contributed by atoms with Gasteiger partial charge in [0.25, 0.3) is 0 Å². The van der Waals surface area contributed by atoms with Crippen LogP contribution in [0.5, 0.6) is 0 Å². The Bertz CT molecular complexity index is 994. The molecule has 0 saturated carbocycles. The van der Waals surface area contributed by atoms with Crippen molar-refractivity contribution in [1.29, 1.82) is 0 Å². The molecular formula is C25H28Cl2N2O4. The molecule has 2 aromatic rings. The fourth-order valence-electron chi connectivity index (χ4n) is 5.00. The maximum atomic E-state index is 13.5. The molecule has 3 atom stereocenters. The van der Waals surface area contributed by atoms with Crippen LogP contribution in [0.3, 0.4) is 0 Å². The summed E-state index contributed by atoms with van der Waals surface area (Å²) in [7, 11) is 0. The highest BCUT2D eigenvalue weighted by molar-refractivity contribution is 6.30. The summed E-state index contributed by atoms with van der Waals surface area (Å²) in [5, 5.41) is 14.1. The zero-order valence-corrected chi connectivity index (χ0v) is 19.8. The zero-order chi connectivity index (χ0) is 23.4. The number of morpholine rings is 1. The van der Waals surface area contributed by atoms with Gasteiger partial charge in [0, 0.05) is 29.1 Å². The first-order chi connectivity index (χ1) is 15.9. The van der Waals surface area contributed by atoms with Crippen molar-refractivity contribution in [3.63, 3.8) is 0 Å². The van der Waals surface area contributed by atoms with Crippen molar-refractivity contribution in [2.24, 2.45) is 5.41 Å². The molecule has 2 aromatic carbocycles. The molecule has 2 heterocycles. The van der Waals surface area contributed by atoms with Crippen molar-refractivity contribution in [3.05, 3.63) is 69.7 Å². The van der Waals surface area contributed by atoms with Gasteiger partial charge in [-0.15, -0.1) is 0 Å². The molecule has 0 spiro atoms. The van der Waals surface area contributed by atoms with E-state index in [2.05, 4.69) is 10.2 Å². The van der Waals surface area contributed by atoms with Gasteiger partial charge in [-0.2, -0.15) is 0 Å². The first-order valence-electron chi connectivity index (χ1n) is 11.2. The van der Waals surface area contributed by atoms with Gasteiger partial charge in [-0.3, -0.25) is 14.5 Å². The Kier molecular flexibility index (Phi) is 7.59. The Balaban J connectivity index is 1.68. The number of benzene rings is 2. The van der Waals surface area contributed by atoms with Crippen LogP contribution in [-0.2, 0) is 14.3 Å². The van der Waals surface area contributed by atoms with Gasteiger partial charge in [-0.25, -0.2) is 0 Å². The van der Waals surface area contributed by atoms with Crippen LogP contribution in [0.4, 0.5) is 0 Å². The summed E-state index contributed by atoms with van der Waals surface area (Å²) in [6.45, 7) is 3.54. The number of carboxylic acid groups (broad SMARTS) is 1. The number of hydrogen-bond acceptors (Lipinski definition) is 4. The second-order valence-corrected chi connectivity index (χ2v) is 9.80. The van der Waals surface area contributed by atoms with Crippen molar-refractivity contribution in [2.75, 3.05) is 32.8 Å². The summed E-state index contributed by atoms with van der Waals surface area (Å²) in [5.74, 6) is -1.31. The number of nitrogens with zero attached hydrogens (tertiary/aromatic N) is 1. The Labute approximate surface area is 203 Å². The molecular weight excluding hydrogens is 463 g/mol. The minimum absolute atomic E-state index is 0.133. The SMILES string of the molecule is O=C(O)C[C@@]1(CCN2CCOCC2)C[C@H](c2cccc(Cl)c2)[C@@H](c2ccc(Cl)cc2)NC1=O. The topological polar surface area (TPSA) is 78.9 Å². The van der Waals surface area contributed by atoms with E-state index in [0.29, 0.717) is 42.6 Å². The number of amides is 1. The summed E-state index contributed by atoms with van der Waals surface area (Å²) in [6.07, 6.45) is 0.673. The smallest absolute Gasteiger partial charge is 0.304 e. The number of carboxylic acids is 1. The molecule has 0 aliphatic carbocycles. The second kappa shape index (κ2) is 10.4. The van der Waals surface area contributed by atoms with Crippen LogP contribution in [0, 0.1) is 5.41 Å². The molecule has 6 nitrogen and oxygen atoms in total. The predicted molar refractivity (Wildman–Crippen MR) is 128 cm³/mol.